The number of nitrogens with one attached hydrogen (secondary N) is 1. The lowest BCUT2D eigenvalue weighted by atomic mass is 10.0. The topological polar surface area (TPSA) is 12.0 Å². The smallest absolute Gasteiger partial charge is 0.0487 e. The average molecular weight is 324 g/mol. The Morgan fingerprint density at radius 2 is 2.11 bits per heavy atom. The minimum absolute atomic E-state index is 0.949. The molecule has 1 aromatic carbocycles. The Balaban J connectivity index is 2.25. The predicted octanol–water partition coefficient (Wildman–Crippen LogP) is 4.99. The summed E-state index contributed by atoms with van der Waals surface area (Å²) in [6.45, 7) is 6.39. The van der Waals surface area contributed by atoms with Crippen molar-refractivity contribution in [2.45, 2.75) is 26.8 Å². The second-order valence-electron chi connectivity index (χ2n) is 4.42. The molecule has 0 spiro atoms. The highest BCUT2D eigenvalue weighted by Gasteiger charge is 2.08. The number of hydrogen-bond acceptors (Lipinski definition) is 2. The first-order chi connectivity index (χ1) is 8.72. The van der Waals surface area contributed by atoms with Crippen molar-refractivity contribution >= 4 is 27.3 Å². The van der Waals surface area contributed by atoms with Gasteiger partial charge in [-0.2, -0.15) is 0 Å². The van der Waals surface area contributed by atoms with E-state index >= 15 is 0 Å². The van der Waals surface area contributed by atoms with Crippen LogP contribution in [-0.4, -0.2) is 6.54 Å². The minimum Gasteiger partial charge on any atom is -0.313 e. The zero-order valence-corrected chi connectivity index (χ0v) is 13.2. The van der Waals surface area contributed by atoms with Gasteiger partial charge in [0.2, 0.25) is 0 Å². The summed E-state index contributed by atoms with van der Waals surface area (Å²) in [5, 5.41) is 5.58. The molecule has 2 rings (SSSR count). The molecule has 1 heterocycles. The van der Waals surface area contributed by atoms with E-state index in [1.807, 2.05) is 0 Å². The monoisotopic (exact) mass is 323 g/mol. The molecule has 2 aromatic rings. The lowest BCUT2D eigenvalue weighted by Gasteiger charge is -2.09. The van der Waals surface area contributed by atoms with Crippen LogP contribution in [0.1, 0.15) is 24.5 Å². The third-order valence-corrected chi connectivity index (χ3v) is 4.79. The maximum Gasteiger partial charge on any atom is 0.0487 e. The highest BCUT2D eigenvalue weighted by molar-refractivity contribution is 9.10. The molecular weight excluding hydrogens is 306 g/mol. The fourth-order valence-corrected chi connectivity index (χ4v) is 3.59. The molecular formula is C15H18BrNS. The third-order valence-electron chi connectivity index (χ3n) is 2.92. The van der Waals surface area contributed by atoms with Gasteiger partial charge in [-0.1, -0.05) is 19.1 Å². The van der Waals surface area contributed by atoms with Crippen molar-refractivity contribution in [2.75, 3.05) is 6.54 Å². The molecule has 0 fully saturated rings. The Morgan fingerprint density at radius 1 is 1.28 bits per heavy atom. The van der Waals surface area contributed by atoms with Gasteiger partial charge in [-0.15, -0.1) is 11.3 Å². The number of thiophene rings is 1. The third kappa shape index (κ3) is 3.22. The van der Waals surface area contributed by atoms with E-state index in [1.165, 1.54) is 32.5 Å². The van der Waals surface area contributed by atoms with Crippen LogP contribution in [0, 0.1) is 6.92 Å². The van der Waals surface area contributed by atoms with Crippen molar-refractivity contribution in [1.82, 2.24) is 5.32 Å². The van der Waals surface area contributed by atoms with Crippen LogP contribution in [0.4, 0.5) is 0 Å². The summed E-state index contributed by atoms with van der Waals surface area (Å²) in [5.74, 6) is 0. The van der Waals surface area contributed by atoms with Crippen molar-refractivity contribution in [3.05, 3.63) is 45.2 Å². The van der Waals surface area contributed by atoms with E-state index in [9.17, 15) is 0 Å². The molecule has 0 atom stereocenters. The number of benzene rings is 1. The van der Waals surface area contributed by atoms with Gasteiger partial charge in [0, 0.05) is 15.9 Å². The van der Waals surface area contributed by atoms with Crippen LogP contribution in [0.25, 0.3) is 10.4 Å². The summed E-state index contributed by atoms with van der Waals surface area (Å²) in [5.41, 5.74) is 4.02. The van der Waals surface area contributed by atoms with Gasteiger partial charge in [0.25, 0.3) is 0 Å². The summed E-state index contributed by atoms with van der Waals surface area (Å²) < 4.78 is 1.19. The van der Waals surface area contributed by atoms with E-state index in [-0.39, 0.29) is 0 Å². The minimum atomic E-state index is 0.949. The normalized spacial score (nSPS) is 10.8. The van der Waals surface area contributed by atoms with Gasteiger partial charge in [-0.3, -0.25) is 0 Å². The Bertz CT molecular complexity index is 519. The van der Waals surface area contributed by atoms with Crippen LogP contribution >= 0.6 is 27.3 Å². The van der Waals surface area contributed by atoms with Crippen LogP contribution in [0.3, 0.4) is 0 Å². The summed E-state index contributed by atoms with van der Waals surface area (Å²) in [7, 11) is 0. The average Bonchev–Trinajstić information content (AvgIpc) is 2.78. The molecule has 0 amide bonds. The zero-order chi connectivity index (χ0) is 13.0. The van der Waals surface area contributed by atoms with E-state index in [1.54, 1.807) is 11.3 Å². The molecule has 96 valence electrons. The Labute approximate surface area is 121 Å². The quantitative estimate of drug-likeness (QED) is 0.764. The summed E-state index contributed by atoms with van der Waals surface area (Å²) in [6.07, 6.45) is 1.18. The van der Waals surface area contributed by atoms with E-state index in [0.717, 1.165) is 13.1 Å². The maximum atomic E-state index is 3.62. The Hall–Kier alpha value is -0.640. The van der Waals surface area contributed by atoms with E-state index in [4.69, 9.17) is 0 Å². The molecule has 0 radical (unpaired) electrons. The molecule has 18 heavy (non-hydrogen) atoms. The van der Waals surface area contributed by atoms with Gasteiger partial charge in [-0.25, -0.2) is 0 Å². The second kappa shape index (κ2) is 6.50. The molecule has 3 heteroatoms. The van der Waals surface area contributed by atoms with Gasteiger partial charge in [0.1, 0.15) is 0 Å². The number of rotatable bonds is 5. The van der Waals surface area contributed by atoms with E-state index in [2.05, 4.69) is 64.7 Å². The van der Waals surface area contributed by atoms with Gasteiger partial charge < -0.3 is 5.32 Å². The number of hydrogen-bond donors (Lipinski definition) is 1. The van der Waals surface area contributed by atoms with Crippen molar-refractivity contribution in [2.24, 2.45) is 0 Å². The van der Waals surface area contributed by atoms with Crippen LogP contribution in [0.5, 0.6) is 0 Å². The number of halogens is 1. The van der Waals surface area contributed by atoms with Gasteiger partial charge in [-0.05, 0) is 70.0 Å². The van der Waals surface area contributed by atoms with Crippen molar-refractivity contribution in [3.63, 3.8) is 0 Å². The van der Waals surface area contributed by atoms with E-state index in [0.29, 0.717) is 0 Å². The first kappa shape index (κ1) is 13.8. The largest absolute Gasteiger partial charge is 0.313 e. The predicted molar refractivity (Wildman–Crippen MR) is 84.2 cm³/mol. The van der Waals surface area contributed by atoms with Gasteiger partial charge in [0.05, 0.1) is 0 Å². The van der Waals surface area contributed by atoms with Crippen molar-refractivity contribution in [1.29, 1.82) is 0 Å². The number of aryl methyl sites for hydroxylation is 1. The standard InChI is InChI=1S/C15H18BrNS/c1-3-7-17-10-12-5-4-11(2)13(9-12)15-14(16)6-8-18-15/h4-6,8-9,17H,3,7,10H2,1-2H3. The molecule has 0 saturated heterocycles. The van der Waals surface area contributed by atoms with Crippen molar-refractivity contribution < 1.29 is 0 Å². The molecule has 0 unspecified atom stereocenters. The lowest BCUT2D eigenvalue weighted by Crippen LogP contribution is -2.13. The molecule has 0 bridgehead atoms. The maximum absolute atomic E-state index is 3.62. The molecule has 1 N–H and O–H groups in total. The molecule has 0 aliphatic carbocycles. The molecule has 0 aliphatic rings. The summed E-state index contributed by atoms with van der Waals surface area (Å²) >= 11 is 5.41. The SMILES string of the molecule is CCCNCc1ccc(C)c(-c2sccc2Br)c1. The van der Waals surface area contributed by atoms with Crippen LogP contribution in [0.2, 0.25) is 0 Å². The van der Waals surface area contributed by atoms with Gasteiger partial charge in [0.15, 0.2) is 0 Å². The first-order valence-corrected chi connectivity index (χ1v) is 7.93. The lowest BCUT2D eigenvalue weighted by molar-refractivity contribution is 0.675. The Morgan fingerprint density at radius 3 is 2.78 bits per heavy atom. The molecule has 1 nitrogen and oxygen atoms in total. The highest BCUT2D eigenvalue weighted by atomic mass is 79.9. The van der Waals surface area contributed by atoms with Crippen LogP contribution < -0.4 is 5.32 Å². The highest BCUT2D eigenvalue weighted by Crippen LogP contribution is 2.35. The van der Waals surface area contributed by atoms with Crippen LogP contribution in [-0.2, 0) is 6.54 Å². The molecule has 1 aromatic heterocycles. The zero-order valence-electron chi connectivity index (χ0n) is 10.8. The Kier molecular flexibility index (Phi) is 4.98. The molecule has 0 aliphatic heterocycles. The molecule has 0 saturated carbocycles. The van der Waals surface area contributed by atoms with Gasteiger partial charge >= 0.3 is 0 Å². The van der Waals surface area contributed by atoms with E-state index < -0.39 is 0 Å². The fourth-order valence-electron chi connectivity index (χ4n) is 1.92. The fraction of sp³-hybridized carbons (Fsp3) is 0.333. The first-order valence-electron chi connectivity index (χ1n) is 6.26. The summed E-state index contributed by atoms with van der Waals surface area (Å²) in [4.78, 5) is 1.32. The van der Waals surface area contributed by atoms with Crippen molar-refractivity contribution in [3.8, 4) is 10.4 Å². The summed E-state index contributed by atoms with van der Waals surface area (Å²) in [6, 6.07) is 8.84. The second-order valence-corrected chi connectivity index (χ2v) is 6.19. The van der Waals surface area contributed by atoms with Crippen LogP contribution in [0.15, 0.2) is 34.1 Å².